The second-order valence-electron chi connectivity index (χ2n) is 6.04. The van der Waals surface area contributed by atoms with Crippen molar-refractivity contribution in [2.75, 3.05) is 6.54 Å². The van der Waals surface area contributed by atoms with Crippen LogP contribution in [0.5, 0.6) is 0 Å². The Labute approximate surface area is 156 Å². The topological polar surface area (TPSA) is 41.1 Å². The van der Waals surface area contributed by atoms with Gasteiger partial charge in [-0.25, -0.2) is 0 Å². The van der Waals surface area contributed by atoms with E-state index in [0.29, 0.717) is 0 Å². The summed E-state index contributed by atoms with van der Waals surface area (Å²) >= 11 is 3.36. The molecule has 2 atom stereocenters. The molecule has 0 aliphatic rings. The fraction of sp³-hybridized carbons (Fsp3) is 0.250. The van der Waals surface area contributed by atoms with Gasteiger partial charge in [-0.15, -0.1) is 22.7 Å². The Morgan fingerprint density at radius 3 is 2.24 bits per heavy atom. The van der Waals surface area contributed by atoms with Gasteiger partial charge in [0.25, 0.3) is 0 Å². The molecular weight excluding hydrogens is 348 g/mol. The zero-order valence-corrected chi connectivity index (χ0v) is 16.0. The first-order valence-corrected chi connectivity index (χ1v) is 10.1. The number of aryl methyl sites for hydroxylation is 1. The molecule has 0 aliphatic carbocycles. The molecule has 1 aromatic carbocycles. The minimum Gasteiger partial charge on any atom is -0.348 e. The SMILES string of the molecule is Cc1ccc([C@@H](NCC(=O)N[C@H](C)c2cccs2)c2cccs2)cc1. The molecule has 2 heterocycles. The molecule has 3 nitrogen and oxygen atoms in total. The summed E-state index contributed by atoms with van der Waals surface area (Å²) in [6, 6.07) is 16.7. The Balaban J connectivity index is 1.64. The number of amides is 1. The van der Waals surface area contributed by atoms with Crippen LogP contribution < -0.4 is 10.6 Å². The third-order valence-corrected chi connectivity index (χ3v) is 6.04. The van der Waals surface area contributed by atoms with Crippen LogP contribution in [0.4, 0.5) is 0 Å². The fourth-order valence-corrected chi connectivity index (χ4v) is 4.25. The molecule has 0 fully saturated rings. The van der Waals surface area contributed by atoms with Crippen molar-refractivity contribution < 1.29 is 4.79 Å². The van der Waals surface area contributed by atoms with E-state index < -0.39 is 0 Å². The van der Waals surface area contributed by atoms with Gasteiger partial charge < -0.3 is 5.32 Å². The highest BCUT2D eigenvalue weighted by Crippen LogP contribution is 2.26. The van der Waals surface area contributed by atoms with Crippen LogP contribution in [0.1, 0.15) is 39.9 Å². The van der Waals surface area contributed by atoms with Crippen LogP contribution >= 0.6 is 22.7 Å². The summed E-state index contributed by atoms with van der Waals surface area (Å²) in [5.41, 5.74) is 2.41. The third kappa shape index (κ3) is 4.78. The van der Waals surface area contributed by atoms with Gasteiger partial charge in [-0.3, -0.25) is 10.1 Å². The summed E-state index contributed by atoms with van der Waals surface area (Å²) in [4.78, 5) is 14.7. The van der Waals surface area contributed by atoms with E-state index in [0.717, 1.165) is 0 Å². The maximum atomic E-state index is 12.3. The number of carbonyl (C=O) groups is 1. The number of carbonyl (C=O) groups excluding carboxylic acids is 1. The molecule has 2 aromatic heterocycles. The lowest BCUT2D eigenvalue weighted by Gasteiger charge is -2.19. The molecule has 3 aromatic rings. The van der Waals surface area contributed by atoms with Gasteiger partial charge in [0.1, 0.15) is 0 Å². The Hall–Kier alpha value is -1.95. The van der Waals surface area contributed by atoms with Gasteiger partial charge in [-0.1, -0.05) is 42.0 Å². The van der Waals surface area contributed by atoms with Gasteiger partial charge in [0, 0.05) is 9.75 Å². The predicted octanol–water partition coefficient (Wildman–Crippen LogP) is 4.67. The Morgan fingerprint density at radius 2 is 1.64 bits per heavy atom. The van der Waals surface area contributed by atoms with Crippen LogP contribution in [0.25, 0.3) is 0 Å². The number of hydrogen-bond acceptors (Lipinski definition) is 4. The second-order valence-corrected chi connectivity index (χ2v) is 8.00. The van der Waals surface area contributed by atoms with Crippen molar-refractivity contribution in [1.29, 1.82) is 0 Å². The zero-order chi connectivity index (χ0) is 17.6. The Morgan fingerprint density at radius 1 is 1.00 bits per heavy atom. The van der Waals surface area contributed by atoms with Gasteiger partial charge in [0.2, 0.25) is 5.91 Å². The molecule has 0 spiro atoms. The lowest BCUT2D eigenvalue weighted by Crippen LogP contribution is -2.37. The summed E-state index contributed by atoms with van der Waals surface area (Å²) in [5.74, 6) is 0.00886. The molecule has 0 saturated heterocycles. The maximum absolute atomic E-state index is 12.3. The monoisotopic (exact) mass is 370 g/mol. The van der Waals surface area contributed by atoms with Crippen molar-refractivity contribution >= 4 is 28.6 Å². The van der Waals surface area contributed by atoms with Gasteiger partial charge in [0.05, 0.1) is 18.6 Å². The Bertz CT molecular complexity index is 780. The smallest absolute Gasteiger partial charge is 0.234 e. The molecule has 25 heavy (non-hydrogen) atoms. The molecule has 3 rings (SSSR count). The van der Waals surface area contributed by atoms with Gasteiger partial charge in [-0.2, -0.15) is 0 Å². The molecule has 0 unspecified atom stereocenters. The van der Waals surface area contributed by atoms with Crippen LogP contribution in [0, 0.1) is 6.92 Å². The lowest BCUT2D eigenvalue weighted by atomic mass is 10.0. The van der Waals surface area contributed by atoms with Gasteiger partial charge in [-0.05, 0) is 42.3 Å². The van der Waals surface area contributed by atoms with E-state index in [1.54, 1.807) is 22.7 Å². The van der Waals surface area contributed by atoms with Crippen LogP contribution in [-0.2, 0) is 4.79 Å². The van der Waals surface area contributed by atoms with Crippen molar-refractivity contribution in [1.82, 2.24) is 10.6 Å². The minimum atomic E-state index is 0.00886. The van der Waals surface area contributed by atoms with Crippen molar-refractivity contribution in [3.63, 3.8) is 0 Å². The number of benzene rings is 1. The quantitative estimate of drug-likeness (QED) is 0.634. The molecule has 0 saturated carbocycles. The van der Waals surface area contributed by atoms with Crippen molar-refractivity contribution in [2.45, 2.75) is 25.9 Å². The zero-order valence-electron chi connectivity index (χ0n) is 14.4. The van der Waals surface area contributed by atoms with Crippen LogP contribution in [0.3, 0.4) is 0 Å². The van der Waals surface area contributed by atoms with E-state index in [4.69, 9.17) is 0 Å². The number of rotatable bonds is 7. The summed E-state index contributed by atoms with van der Waals surface area (Å²) in [7, 11) is 0. The van der Waals surface area contributed by atoms with E-state index in [-0.39, 0.29) is 24.5 Å². The highest BCUT2D eigenvalue weighted by atomic mass is 32.1. The molecule has 0 radical (unpaired) electrons. The lowest BCUT2D eigenvalue weighted by molar-refractivity contribution is -0.120. The summed E-state index contributed by atoms with van der Waals surface area (Å²) in [5, 5.41) is 10.6. The largest absolute Gasteiger partial charge is 0.348 e. The van der Waals surface area contributed by atoms with Gasteiger partial charge in [0.15, 0.2) is 0 Å². The number of thiophene rings is 2. The molecule has 0 aliphatic heterocycles. The van der Waals surface area contributed by atoms with E-state index >= 15 is 0 Å². The molecule has 130 valence electrons. The van der Waals surface area contributed by atoms with E-state index in [1.807, 2.05) is 30.5 Å². The van der Waals surface area contributed by atoms with Crippen molar-refractivity contribution in [2.24, 2.45) is 0 Å². The van der Waals surface area contributed by atoms with E-state index in [1.165, 1.54) is 20.9 Å². The normalized spacial score (nSPS) is 13.4. The van der Waals surface area contributed by atoms with E-state index in [9.17, 15) is 4.79 Å². The molecule has 1 amide bonds. The van der Waals surface area contributed by atoms with E-state index in [2.05, 4.69) is 53.3 Å². The van der Waals surface area contributed by atoms with Gasteiger partial charge >= 0.3 is 0 Å². The van der Waals surface area contributed by atoms with Crippen LogP contribution in [0.2, 0.25) is 0 Å². The highest BCUT2D eigenvalue weighted by molar-refractivity contribution is 7.10. The average molecular weight is 371 g/mol. The standard InChI is InChI=1S/C20H22N2OS2/c1-14-7-9-16(10-8-14)20(18-6-4-12-25-18)21-13-19(23)22-15(2)17-5-3-11-24-17/h3-12,15,20-21H,13H2,1-2H3,(H,22,23)/t15-,20-/m1/s1. The third-order valence-electron chi connectivity index (χ3n) is 4.05. The van der Waals surface area contributed by atoms with Crippen LogP contribution in [0.15, 0.2) is 59.3 Å². The summed E-state index contributed by atoms with van der Waals surface area (Å²) in [6.07, 6.45) is 0. The first-order chi connectivity index (χ1) is 12.1. The summed E-state index contributed by atoms with van der Waals surface area (Å²) < 4.78 is 0. The maximum Gasteiger partial charge on any atom is 0.234 e. The highest BCUT2D eigenvalue weighted by Gasteiger charge is 2.17. The molecule has 2 N–H and O–H groups in total. The Kier molecular flexibility index (Phi) is 6.02. The first kappa shape index (κ1) is 17.9. The molecular formula is C20H22N2OS2. The average Bonchev–Trinajstić information content (AvgIpc) is 3.30. The van der Waals surface area contributed by atoms with Crippen LogP contribution in [-0.4, -0.2) is 12.5 Å². The predicted molar refractivity (Wildman–Crippen MR) is 106 cm³/mol. The molecule has 0 bridgehead atoms. The first-order valence-electron chi connectivity index (χ1n) is 8.29. The molecule has 5 heteroatoms. The second kappa shape index (κ2) is 8.43. The van der Waals surface area contributed by atoms with Crippen molar-refractivity contribution in [3.05, 3.63) is 80.2 Å². The number of hydrogen-bond donors (Lipinski definition) is 2. The van der Waals surface area contributed by atoms with Crippen molar-refractivity contribution in [3.8, 4) is 0 Å². The number of nitrogens with one attached hydrogen (secondary N) is 2. The fourth-order valence-electron chi connectivity index (χ4n) is 2.69. The summed E-state index contributed by atoms with van der Waals surface area (Å²) in [6.45, 7) is 4.38. The minimum absolute atomic E-state index is 0.00886.